The summed E-state index contributed by atoms with van der Waals surface area (Å²) in [5.41, 5.74) is 1.88. The third-order valence-corrected chi connectivity index (χ3v) is 3.11. The van der Waals surface area contributed by atoms with E-state index in [2.05, 4.69) is 12.1 Å². The summed E-state index contributed by atoms with van der Waals surface area (Å²) >= 11 is 1.50. The molecule has 0 aliphatic heterocycles. The van der Waals surface area contributed by atoms with Crippen LogP contribution < -0.4 is 0 Å². The molecule has 2 aromatic rings. The van der Waals surface area contributed by atoms with Crippen LogP contribution in [0.25, 0.3) is 10.1 Å². The number of nitrogens with zero attached hydrogens (tertiary/aromatic N) is 2. The second kappa shape index (κ2) is 3.14. The van der Waals surface area contributed by atoms with Crippen molar-refractivity contribution in [2.45, 2.75) is 6.92 Å². The van der Waals surface area contributed by atoms with Crippen LogP contribution in [0.2, 0.25) is 0 Å². The lowest BCUT2D eigenvalue weighted by atomic mass is 10.0. The van der Waals surface area contributed by atoms with Gasteiger partial charge in [0.2, 0.25) is 0 Å². The zero-order valence-corrected chi connectivity index (χ0v) is 8.35. The van der Waals surface area contributed by atoms with E-state index in [4.69, 9.17) is 10.5 Å². The highest BCUT2D eigenvalue weighted by atomic mass is 32.1. The molecule has 0 N–H and O–H groups in total. The van der Waals surface area contributed by atoms with Gasteiger partial charge in [0.05, 0.1) is 15.8 Å². The molecule has 0 radical (unpaired) electrons. The number of hydrogen-bond donors (Lipinski definition) is 0. The van der Waals surface area contributed by atoms with Gasteiger partial charge in [-0.3, -0.25) is 0 Å². The molecule has 1 aromatic heterocycles. The second-order valence-electron chi connectivity index (χ2n) is 3.01. The quantitative estimate of drug-likeness (QED) is 0.653. The molecule has 3 heteroatoms. The number of nitriles is 2. The van der Waals surface area contributed by atoms with Crippen molar-refractivity contribution in [3.05, 3.63) is 34.2 Å². The summed E-state index contributed by atoms with van der Waals surface area (Å²) < 4.78 is 0.912. The number of benzene rings is 1. The Morgan fingerprint density at radius 2 is 1.93 bits per heavy atom. The molecule has 1 aromatic carbocycles. The fraction of sp³-hybridized carbons (Fsp3) is 0.0909. The maximum Gasteiger partial charge on any atom is 0.102 e. The van der Waals surface area contributed by atoms with Crippen LogP contribution in [-0.4, -0.2) is 0 Å². The van der Waals surface area contributed by atoms with Gasteiger partial charge >= 0.3 is 0 Å². The number of thiophene rings is 1. The van der Waals surface area contributed by atoms with E-state index in [1.807, 2.05) is 24.4 Å². The molecule has 0 saturated heterocycles. The molecule has 0 atom stereocenters. The minimum absolute atomic E-state index is 0.502. The van der Waals surface area contributed by atoms with Gasteiger partial charge in [0.15, 0.2) is 0 Å². The molecule has 0 aliphatic carbocycles. The highest BCUT2D eigenvalue weighted by Crippen LogP contribution is 2.29. The first kappa shape index (κ1) is 8.74. The normalized spacial score (nSPS) is 9.64. The van der Waals surface area contributed by atoms with Crippen molar-refractivity contribution < 1.29 is 0 Å². The van der Waals surface area contributed by atoms with Crippen LogP contribution in [0.5, 0.6) is 0 Å². The van der Waals surface area contributed by atoms with Gasteiger partial charge < -0.3 is 0 Å². The molecule has 0 bridgehead atoms. The van der Waals surface area contributed by atoms with Crippen LogP contribution in [0.1, 0.15) is 16.7 Å². The Morgan fingerprint density at radius 1 is 1.21 bits per heavy atom. The Kier molecular flexibility index (Phi) is 1.96. The van der Waals surface area contributed by atoms with E-state index in [0.717, 1.165) is 15.6 Å². The van der Waals surface area contributed by atoms with Crippen LogP contribution >= 0.6 is 11.3 Å². The molecule has 0 aliphatic rings. The minimum atomic E-state index is 0.502. The first-order chi connectivity index (χ1) is 6.77. The number of hydrogen-bond acceptors (Lipinski definition) is 3. The lowest BCUT2D eigenvalue weighted by Gasteiger charge is -2.00. The van der Waals surface area contributed by atoms with Gasteiger partial charge in [-0.2, -0.15) is 10.5 Å². The van der Waals surface area contributed by atoms with E-state index < -0.39 is 0 Å². The minimum Gasteiger partial charge on any atom is -0.192 e. The average molecular weight is 198 g/mol. The summed E-state index contributed by atoms with van der Waals surface area (Å²) in [6, 6.07) is 8.10. The summed E-state index contributed by atoms with van der Waals surface area (Å²) in [5, 5.41) is 20.9. The van der Waals surface area contributed by atoms with Gasteiger partial charge in [0, 0.05) is 0 Å². The first-order valence-corrected chi connectivity index (χ1v) is 4.97. The van der Waals surface area contributed by atoms with Crippen LogP contribution in [-0.2, 0) is 0 Å². The van der Waals surface area contributed by atoms with E-state index in [1.165, 1.54) is 11.3 Å². The third-order valence-electron chi connectivity index (χ3n) is 2.16. The van der Waals surface area contributed by atoms with Crippen LogP contribution in [0.3, 0.4) is 0 Å². The fourth-order valence-electron chi connectivity index (χ4n) is 1.50. The summed E-state index contributed by atoms with van der Waals surface area (Å²) in [6.45, 7) is 1.86. The first-order valence-electron chi connectivity index (χ1n) is 4.09. The van der Waals surface area contributed by atoms with Gasteiger partial charge in [-0.05, 0) is 35.4 Å². The molecule has 14 heavy (non-hydrogen) atoms. The molecule has 2 rings (SSSR count). The van der Waals surface area contributed by atoms with Crippen molar-refractivity contribution >= 4 is 21.4 Å². The van der Waals surface area contributed by atoms with E-state index in [9.17, 15) is 0 Å². The van der Waals surface area contributed by atoms with Crippen molar-refractivity contribution in [2.24, 2.45) is 0 Å². The summed E-state index contributed by atoms with van der Waals surface area (Å²) in [7, 11) is 0. The Morgan fingerprint density at radius 3 is 2.57 bits per heavy atom. The molecule has 66 valence electrons. The molecule has 0 amide bonds. The van der Waals surface area contributed by atoms with Crippen LogP contribution in [0.15, 0.2) is 17.5 Å². The zero-order chi connectivity index (χ0) is 10.1. The van der Waals surface area contributed by atoms with Crippen molar-refractivity contribution in [2.75, 3.05) is 0 Å². The lowest BCUT2D eigenvalue weighted by molar-refractivity contribution is 1.39. The topological polar surface area (TPSA) is 47.6 Å². The molecule has 0 fully saturated rings. The van der Waals surface area contributed by atoms with Crippen molar-refractivity contribution in [3.8, 4) is 12.1 Å². The van der Waals surface area contributed by atoms with Crippen LogP contribution in [0.4, 0.5) is 0 Å². The maximum atomic E-state index is 9.00. The molecular formula is C11H6N2S. The van der Waals surface area contributed by atoms with E-state index in [0.29, 0.717) is 11.1 Å². The molecule has 0 unspecified atom stereocenters. The van der Waals surface area contributed by atoms with Crippen LogP contribution in [0, 0.1) is 29.6 Å². The monoisotopic (exact) mass is 198 g/mol. The van der Waals surface area contributed by atoms with E-state index >= 15 is 0 Å². The fourth-order valence-corrected chi connectivity index (χ4v) is 2.38. The standard InChI is InChI=1S/C11H6N2S/c1-7-4-8-2-3-14-11(8)10(6-13)9(7)5-12/h2-4H,1H3. The molecular weight excluding hydrogens is 192 g/mol. The Labute approximate surface area is 85.6 Å². The maximum absolute atomic E-state index is 9.00. The third kappa shape index (κ3) is 1.08. The SMILES string of the molecule is Cc1cc2ccsc2c(C#N)c1C#N. The number of rotatable bonds is 0. The number of fused-ring (bicyclic) bond motifs is 1. The average Bonchev–Trinajstić information content (AvgIpc) is 2.62. The summed E-state index contributed by atoms with van der Waals surface area (Å²) in [5.74, 6) is 0. The predicted molar refractivity (Wildman–Crippen MR) is 56.0 cm³/mol. The smallest absolute Gasteiger partial charge is 0.102 e. The highest BCUT2D eigenvalue weighted by molar-refractivity contribution is 7.17. The van der Waals surface area contributed by atoms with Gasteiger partial charge in [-0.25, -0.2) is 0 Å². The molecule has 0 saturated carbocycles. The van der Waals surface area contributed by atoms with Crippen molar-refractivity contribution in [3.63, 3.8) is 0 Å². The van der Waals surface area contributed by atoms with Gasteiger partial charge in [-0.15, -0.1) is 11.3 Å². The molecule has 2 nitrogen and oxygen atoms in total. The Balaban J connectivity index is 3.00. The Bertz CT molecular complexity index is 582. The Hall–Kier alpha value is -1.84. The largest absolute Gasteiger partial charge is 0.192 e. The number of aryl methyl sites for hydroxylation is 1. The summed E-state index contributed by atoms with van der Waals surface area (Å²) in [4.78, 5) is 0. The molecule has 1 heterocycles. The van der Waals surface area contributed by atoms with Gasteiger partial charge in [0.25, 0.3) is 0 Å². The summed E-state index contributed by atoms with van der Waals surface area (Å²) in [6.07, 6.45) is 0. The zero-order valence-electron chi connectivity index (χ0n) is 7.53. The van der Waals surface area contributed by atoms with Gasteiger partial charge in [0.1, 0.15) is 12.1 Å². The lowest BCUT2D eigenvalue weighted by Crippen LogP contribution is -1.88. The van der Waals surface area contributed by atoms with Gasteiger partial charge in [-0.1, -0.05) is 0 Å². The van der Waals surface area contributed by atoms with Crippen molar-refractivity contribution in [1.82, 2.24) is 0 Å². The van der Waals surface area contributed by atoms with E-state index in [-0.39, 0.29) is 0 Å². The highest BCUT2D eigenvalue weighted by Gasteiger charge is 2.10. The predicted octanol–water partition coefficient (Wildman–Crippen LogP) is 2.95. The molecule has 0 spiro atoms. The van der Waals surface area contributed by atoms with Crippen molar-refractivity contribution in [1.29, 1.82) is 10.5 Å². The van der Waals surface area contributed by atoms with E-state index in [1.54, 1.807) is 0 Å². The second-order valence-corrected chi connectivity index (χ2v) is 3.92.